The van der Waals surface area contributed by atoms with Gasteiger partial charge in [-0.2, -0.15) is 5.26 Å². The number of aromatic nitrogens is 4. The molecule has 1 aliphatic heterocycles. The van der Waals surface area contributed by atoms with Gasteiger partial charge in [0.25, 0.3) is 5.91 Å². The van der Waals surface area contributed by atoms with Crippen molar-refractivity contribution in [3.63, 3.8) is 0 Å². The van der Waals surface area contributed by atoms with E-state index in [1.807, 2.05) is 0 Å². The number of benzene rings is 2. The Kier molecular flexibility index (Phi) is 9.09. The average Bonchev–Trinajstić information content (AvgIpc) is 3.42. The minimum absolute atomic E-state index is 0.0514. The van der Waals surface area contributed by atoms with E-state index in [-0.39, 0.29) is 81.5 Å². The van der Waals surface area contributed by atoms with Crippen molar-refractivity contribution in [1.82, 2.24) is 24.8 Å². The van der Waals surface area contributed by atoms with Crippen LogP contribution in [-0.4, -0.2) is 54.8 Å². The minimum Gasteiger partial charge on any atom is -0.478 e. The highest BCUT2D eigenvalue weighted by molar-refractivity contribution is 6.31. The molecule has 2 N–H and O–H groups in total. The predicted molar refractivity (Wildman–Crippen MR) is 177 cm³/mol. The quantitative estimate of drug-likeness (QED) is 0.158. The summed E-state index contributed by atoms with van der Waals surface area (Å²) < 4.78 is 59.0. The average molecular weight is 717 g/mol. The number of fused-ring (bicyclic) bond motifs is 1. The van der Waals surface area contributed by atoms with Crippen molar-refractivity contribution in [2.75, 3.05) is 6.61 Å². The fraction of sp³-hybridized carbons (Fsp3) is 0.278. The Morgan fingerprint density at radius 1 is 1.10 bits per heavy atom. The van der Waals surface area contributed by atoms with Crippen LogP contribution >= 0.6 is 11.6 Å². The lowest BCUT2D eigenvalue weighted by atomic mass is 9.78. The maximum Gasteiger partial charge on any atom is 0.335 e. The van der Waals surface area contributed by atoms with Crippen LogP contribution in [-0.2, 0) is 24.3 Å². The van der Waals surface area contributed by atoms with Gasteiger partial charge in [0.2, 0.25) is 5.88 Å². The normalized spacial score (nSPS) is 16.2. The molecule has 2 fully saturated rings. The summed E-state index contributed by atoms with van der Waals surface area (Å²) in [6.07, 6.45) is 3.68. The number of carbonyl (C=O) groups is 2. The van der Waals surface area contributed by atoms with E-state index < -0.39 is 34.9 Å². The molecule has 51 heavy (non-hydrogen) atoms. The Morgan fingerprint density at radius 3 is 2.57 bits per heavy atom. The van der Waals surface area contributed by atoms with E-state index in [1.165, 1.54) is 30.5 Å². The molecule has 260 valence electrons. The first kappa shape index (κ1) is 34.0. The van der Waals surface area contributed by atoms with Gasteiger partial charge in [0.1, 0.15) is 40.8 Å². The zero-order valence-corrected chi connectivity index (χ0v) is 27.5. The number of halogens is 4. The molecule has 11 nitrogen and oxygen atoms in total. The van der Waals surface area contributed by atoms with Crippen molar-refractivity contribution in [3.8, 4) is 23.2 Å². The highest BCUT2D eigenvalue weighted by Gasteiger charge is 2.39. The third-order valence-corrected chi connectivity index (χ3v) is 9.46. The van der Waals surface area contributed by atoms with Crippen LogP contribution in [0.3, 0.4) is 0 Å². The molecule has 1 atom stereocenters. The Balaban J connectivity index is 1.08. The van der Waals surface area contributed by atoms with Crippen molar-refractivity contribution in [1.29, 1.82) is 5.26 Å². The summed E-state index contributed by atoms with van der Waals surface area (Å²) in [4.78, 5) is 37.0. The number of hydrogen-bond donors (Lipinski definition) is 2. The molecule has 0 radical (unpaired) electrons. The first-order valence-corrected chi connectivity index (χ1v) is 16.4. The zero-order valence-electron chi connectivity index (χ0n) is 26.8. The summed E-state index contributed by atoms with van der Waals surface area (Å²) in [5.74, 6) is -3.90. The van der Waals surface area contributed by atoms with Crippen molar-refractivity contribution < 1.29 is 37.3 Å². The number of nitrogens with one attached hydrogen (secondary N) is 1. The van der Waals surface area contributed by atoms with Crippen LogP contribution in [0, 0.1) is 28.8 Å². The lowest BCUT2D eigenvalue weighted by Crippen LogP contribution is -2.52. The van der Waals surface area contributed by atoms with Gasteiger partial charge in [-0.15, -0.1) is 0 Å². The highest BCUT2D eigenvalue weighted by Crippen LogP contribution is 2.32. The summed E-state index contributed by atoms with van der Waals surface area (Å²) >= 11 is 6.39. The van der Waals surface area contributed by atoms with Gasteiger partial charge in [-0.3, -0.25) is 9.78 Å². The van der Waals surface area contributed by atoms with E-state index in [4.69, 9.17) is 21.1 Å². The molecule has 5 aromatic rings. The highest BCUT2D eigenvalue weighted by atomic mass is 35.5. The minimum atomic E-state index is -1.31. The number of carboxylic acids is 1. The number of pyridine rings is 2. The van der Waals surface area contributed by atoms with Gasteiger partial charge in [0, 0.05) is 36.4 Å². The van der Waals surface area contributed by atoms with Gasteiger partial charge in [0.15, 0.2) is 5.82 Å². The molecule has 2 aromatic carbocycles. The fourth-order valence-electron chi connectivity index (χ4n) is 5.98. The molecule has 15 heteroatoms. The third kappa shape index (κ3) is 6.82. The van der Waals surface area contributed by atoms with Gasteiger partial charge in [-0.1, -0.05) is 17.7 Å². The smallest absolute Gasteiger partial charge is 0.335 e. The number of imidazole rings is 1. The number of amides is 1. The zero-order chi connectivity index (χ0) is 35.9. The van der Waals surface area contributed by atoms with Crippen molar-refractivity contribution in [3.05, 3.63) is 105 Å². The van der Waals surface area contributed by atoms with Crippen LogP contribution in [0.5, 0.6) is 5.88 Å². The molecule has 1 saturated carbocycles. The van der Waals surface area contributed by atoms with Crippen LogP contribution in [0.2, 0.25) is 5.02 Å². The first-order valence-electron chi connectivity index (χ1n) is 16.0. The molecular weight excluding hydrogens is 689 g/mol. The summed E-state index contributed by atoms with van der Waals surface area (Å²) in [5, 5.41) is 21.8. The van der Waals surface area contributed by atoms with Crippen LogP contribution in [0.1, 0.15) is 63.5 Å². The van der Waals surface area contributed by atoms with Gasteiger partial charge >= 0.3 is 5.97 Å². The predicted octanol–water partition coefficient (Wildman–Crippen LogP) is 6.40. The SMILES string of the molecule is N#CC1(NC(=O)c2cc(Cl)c(COc3cccc(-c4cc(F)c(Cc5nc6c(F)cc(C(=O)O)cc6n5C[C@@H]5CCO5)cc4F)n3)cn2)CCC1. The van der Waals surface area contributed by atoms with Crippen molar-refractivity contribution >= 4 is 34.5 Å². The molecule has 1 amide bonds. The number of nitriles is 1. The van der Waals surface area contributed by atoms with E-state index >= 15 is 8.78 Å². The van der Waals surface area contributed by atoms with Gasteiger partial charge in [-0.05, 0) is 67.6 Å². The number of ether oxygens (including phenoxy) is 2. The molecule has 0 spiro atoms. The number of hydrogen-bond acceptors (Lipinski definition) is 8. The van der Waals surface area contributed by atoms with Gasteiger partial charge < -0.3 is 24.5 Å². The molecule has 3 aromatic heterocycles. The number of rotatable bonds is 11. The summed E-state index contributed by atoms with van der Waals surface area (Å²) in [5.41, 5.74) is -0.617. The maximum atomic E-state index is 15.6. The van der Waals surface area contributed by atoms with Gasteiger partial charge in [-0.25, -0.2) is 27.9 Å². The molecule has 2 aliphatic rings. The largest absolute Gasteiger partial charge is 0.478 e. The summed E-state index contributed by atoms with van der Waals surface area (Å²) in [6.45, 7) is 0.688. The van der Waals surface area contributed by atoms with Crippen molar-refractivity contribution in [2.24, 2.45) is 0 Å². The monoisotopic (exact) mass is 716 g/mol. The van der Waals surface area contributed by atoms with Crippen LogP contribution in [0.25, 0.3) is 22.3 Å². The van der Waals surface area contributed by atoms with E-state index in [0.717, 1.165) is 31.0 Å². The van der Waals surface area contributed by atoms with Crippen LogP contribution in [0.4, 0.5) is 13.2 Å². The van der Waals surface area contributed by atoms with E-state index in [0.29, 0.717) is 25.0 Å². The number of aromatic carboxylic acids is 1. The fourth-order valence-corrected chi connectivity index (χ4v) is 6.18. The summed E-state index contributed by atoms with van der Waals surface area (Å²) in [7, 11) is 0. The van der Waals surface area contributed by atoms with Crippen LogP contribution < -0.4 is 10.1 Å². The molecule has 4 heterocycles. The maximum absolute atomic E-state index is 15.6. The molecule has 0 bridgehead atoms. The molecule has 1 aliphatic carbocycles. The Bertz CT molecular complexity index is 2250. The van der Waals surface area contributed by atoms with E-state index in [2.05, 4.69) is 26.3 Å². The van der Waals surface area contributed by atoms with E-state index in [9.17, 15) is 24.3 Å². The number of nitrogens with zero attached hydrogens (tertiary/aromatic N) is 5. The second kappa shape index (κ2) is 13.7. The second-order valence-corrected chi connectivity index (χ2v) is 12.9. The Labute approximate surface area is 293 Å². The van der Waals surface area contributed by atoms with Crippen LogP contribution in [0.15, 0.2) is 54.7 Å². The summed E-state index contributed by atoms with van der Waals surface area (Å²) in [6, 6.07) is 12.3. The number of carboxylic acid groups (broad SMARTS) is 1. The first-order chi connectivity index (χ1) is 24.5. The molecular formula is C36H28ClF3N6O5. The molecule has 0 unspecified atom stereocenters. The molecule has 1 saturated heterocycles. The lowest BCUT2D eigenvalue weighted by molar-refractivity contribution is -0.0589. The topological polar surface area (TPSA) is 152 Å². The second-order valence-electron chi connectivity index (χ2n) is 12.5. The molecule has 7 rings (SSSR count). The van der Waals surface area contributed by atoms with E-state index in [1.54, 1.807) is 10.6 Å². The van der Waals surface area contributed by atoms with Gasteiger partial charge in [0.05, 0.1) is 40.5 Å². The van der Waals surface area contributed by atoms with Crippen molar-refractivity contribution in [2.45, 2.75) is 56.9 Å². The Hall–Kier alpha value is -5.52. The Morgan fingerprint density at radius 2 is 1.90 bits per heavy atom. The third-order valence-electron chi connectivity index (χ3n) is 9.11. The lowest BCUT2D eigenvalue weighted by Gasteiger charge is -2.35. The standard InChI is InChI=1S/C36H28ClF3N6O5/c37-24-14-29(34(47)45-36(18-41)6-2-7-36)42-15-21(24)17-51-32-4-1-3-28(43-32)23-13-25(38)19(9-26(23)39)12-31-44-33-27(40)10-20(35(48)49)11-30(33)46(31)16-22-5-8-50-22/h1,3-4,9-11,13-15,22H,2,5-8,12,16-17H2,(H,45,47)(H,48,49)/t22-/m0/s1. The number of carbonyl (C=O) groups excluding carboxylic acids is 1.